The Labute approximate surface area is 232 Å². The smallest absolute Gasteiger partial charge is 0.247 e. The molecule has 5 rings (SSSR count). The van der Waals surface area contributed by atoms with Gasteiger partial charge in [0, 0.05) is 17.5 Å². The van der Waals surface area contributed by atoms with Crippen molar-refractivity contribution < 1.29 is 14.3 Å². The van der Waals surface area contributed by atoms with E-state index in [2.05, 4.69) is 19.9 Å². The molecule has 2 amide bonds. The largest absolute Gasteiger partial charge is 0.497 e. The first kappa shape index (κ1) is 26.2. The van der Waals surface area contributed by atoms with Crippen LogP contribution in [0.25, 0.3) is 22.4 Å². The fourth-order valence-electron chi connectivity index (χ4n) is 4.58. The first-order valence-electron chi connectivity index (χ1n) is 12.7. The number of carbonyl (C=O) groups is 2. The molecule has 1 aromatic heterocycles. The average Bonchev–Trinajstić information content (AvgIpc) is 3.25. The van der Waals surface area contributed by atoms with Crippen LogP contribution in [0.2, 0.25) is 0 Å². The summed E-state index contributed by atoms with van der Waals surface area (Å²) in [5.41, 5.74) is 5.16. The van der Waals surface area contributed by atoms with Gasteiger partial charge in [0.2, 0.25) is 11.8 Å². The molecular weight excluding hydrogens is 506 g/mol. The first-order valence-corrected chi connectivity index (χ1v) is 13.6. The minimum atomic E-state index is -0.684. The summed E-state index contributed by atoms with van der Waals surface area (Å²) in [5.74, 6) is 0.493. The van der Waals surface area contributed by atoms with E-state index >= 15 is 0 Å². The third-order valence-electron chi connectivity index (χ3n) is 6.75. The lowest BCUT2D eigenvalue weighted by atomic mass is 9.99. The van der Waals surface area contributed by atoms with Crippen LogP contribution < -0.4 is 9.64 Å². The van der Waals surface area contributed by atoms with Gasteiger partial charge in [-0.1, -0.05) is 80.2 Å². The number of thioether (sulfide) groups is 1. The molecular formula is C32H27N3O3S. The second-order valence-electron chi connectivity index (χ2n) is 9.57. The second kappa shape index (κ2) is 11.1. The number of pyridine rings is 1. The van der Waals surface area contributed by atoms with Crippen LogP contribution in [0.3, 0.4) is 0 Å². The number of rotatable bonds is 7. The number of imide groups is 1. The molecule has 1 fully saturated rings. The molecule has 2 heterocycles. The van der Waals surface area contributed by atoms with Crippen LogP contribution in [0.15, 0.2) is 90.0 Å². The van der Waals surface area contributed by atoms with Crippen LogP contribution in [0.5, 0.6) is 5.75 Å². The van der Waals surface area contributed by atoms with Crippen molar-refractivity contribution in [1.82, 2.24) is 4.98 Å². The van der Waals surface area contributed by atoms with E-state index < -0.39 is 5.25 Å². The average molecular weight is 534 g/mol. The molecule has 3 aromatic carbocycles. The fourth-order valence-corrected chi connectivity index (χ4v) is 5.71. The summed E-state index contributed by atoms with van der Waals surface area (Å²) >= 11 is 1.18. The van der Waals surface area contributed by atoms with Crippen LogP contribution >= 0.6 is 11.8 Å². The number of methoxy groups -OCH3 is 1. The molecule has 0 saturated carbocycles. The van der Waals surface area contributed by atoms with Gasteiger partial charge in [0.1, 0.15) is 16.8 Å². The zero-order valence-electron chi connectivity index (χ0n) is 21.9. The van der Waals surface area contributed by atoms with Crippen LogP contribution in [0.1, 0.15) is 37.3 Å². The van der Waals surface area contributed by atoms with Crippen molar-refractivity contribution in [3.63, 3.8) is 0 Å². The van der Waals surface area contributed by atoms with Gasteiger partial charge in [-0.05, 0) is 47.4 Å². The maximum atomic E-state index is 13.5. The summed E-state index contributed by atoms with van der Waals surface area (Å²) in [6.07, 6.45) is 0.0371. The number of nitriles is 1. The zero-order valence-corrected chi connectivity index (χ0v) is 22.7. The minimum Gasteiger partial charge on any atom is -0.497 e. The fraction of sp³-hybridized carbons (Fsp3) is 0.188. The Morgan fingerprint density at radius 3 is 2.28 bits per heavy atom. The van der Waals surface area contributed by atoms with Crippen LogP contribution in [-0.2, 0) is 9.59 Å². The quantitative estimate of drug-likeness (QED) is 0.242. The van der Waals surface area contributed by atoms with E-state index in [9.17, 15) is 14.9 Å². The maximum absolute atomic E-state index is 13.5. The Morgan fingerprint density at radius 1 is 0.974 bits per heavy atom. The van der Waals surface area contributed by atoms with Crippen LogP contribution in [0.4, 0.5) is 5.69 Å². The van der Waals surface area contributed by atoms with E-state index in [-0.39, 0.29) is 18.2 Å². The number of hydrogen-bond donors (Lipinski definition) is 0. The Bertz CT molecular complexity index is 1560. The number of ether oxygens (including phenoxy) is 1. The van der Waals surface area contributed by atoms with Crippen molar-refractivity contribution in [3.05, 3.63) is 96.1 Å². The molecule has 39 heavy (non-hydrogen) atoms. The van der Waals surface area contributed by atoms with Crippen LogP contribution in [-0.4, -0.2) is 29.2 Å². The second-order valence-corrected chi connectivity index (χ2v) is 10.8. The highest BCUT2D eigenvalue weighted by atomic mass is 32.2. The van der Waals surface area contributed by atoms with Crippen molar-refractivity contribution in [2.75, 3.05) is 12.0 Å². The molecule has 1 saturated heterocycles. The van der Waals surface area contributed by atoms with Gasteiger partial charge in [0.15, 0.2) is 0 Å². The molecule has 0 radical (unpaired) electrons. The van der Waals surface area contributed by atoms with Gasteiger partial charge in [0.25, 0.3) is 0 Å². The van der Waals surface area contributed by atoms with Gasteiger partial charge < -0.3 is 4.74 Å². The molecule has 194 valence electrons. The van der Waals surface area contributed by atoms with E-state index in [4.69, 9.17) is 9.72 Å². The van der Waals surface area contributed by atoms with Crippen molar-refractivity contribution >= 4 is 29.3 Å². The van der Waals surface area contributed by atoms with Gasteiger partial charge in [-0.3, -0.25) is 9.59 Å². The highest BCUT2D eigenvalue weighted by Crippen LogP contribution is 2.39. The normalized spacial score (nSPS) is 15.1. The van der Waals surface area contributed by atoms with Crippen molar-refractivity contribution in [3.8, 4) is 34.2 Å². The number of nitrogens with zero attached hydrogens (tertiary/aromatic N) is 3. The predicted octanol–water partition coefficient (Wildman–Crippen LogP) is 6.84. The molecule has 0 aliphatic carbocycles. The third-order valence-corrected chi connectivity index (χ3v) is 7.92. The van der Waals surface area contributed by atoms with E-state index in [0.29, 0.717) is 39.2 Å². The Morgan fingerprint density at radius 2 is 1.67 bits per heavy atom. The molecule has 0 spiro atoms. The lowest BCUT2D eigenvalue weighted by Crippen LogP contribution is -2.31. The lowest BCUT2D eigenvalue weighted by Gasteiger charge is -2.17. The molecule has 1 aliphatic rings. The highest BCUT2D eigenvalue weighted by Gasteiger charge is 2.41. The summed E-state index contributed by atoms with van der Waals surface area (Å²) in [4.78, 5) is 32.5. The number of anilines is 1. The molecule has 0 bridgehead atoms. The number of benzene rings is 3. The summed E-state index contributed by atoms with van der Waals surface area (Å²) in [7, 11) is 1.60. The molecule has 7 heteroatoms. The summed E-state index contributed by atoms with van der Waals surface area (Å²) in [6.45, 7) is 4.19. The Balaban J connectivity index is 1.53. The van der Waals surface area contributed by atoms with Gasteiger partial charge in [-0.2, -0.15) is 5.26 Å². The third kappa shape index (κ3) is 5.29. The molecule has 4 aromatic rings. The standard InChI is InChI=1S/C32H27N3O3S/c1-20(2)21-9-13-24(14-10-21)35-30(36)18-29(32(35)37)39-31-27(19-33)26(22-11-15-25(38-3)16-12-22)17-28(34-31)23-7-5-4-6-8-23/h4-17,20,29H,18H2,1-3H3. The molecule has 6 nitrogen and oxygen atoms in total. The predicted molar refractivity (Wildman–Crippen MR) is 154 cm³/mol. The van der Waals surface area contributed by atoms with E-state index in [0.717, 1.165) is 16.7 Å². The monoisotopic (exact) mass is 533 g/mol. The highest BCUT2D eigenvalue weighted by molar-refractivity contribution is 8.00. The van der Waals surface area contributed by atoms with E-state index in [1.54, 1.807) is 7.11 Å². The molecule has 1 unspecified atom stereocenters. The minimum absolute atomic E-state index is 0.0371. The molecule has 0 N–H and O–H groups in total. The summed E-state index contributed by atoms with van der Waals surface area (Å²) in [5, 5.41) is 9.97. The van der Waals surface area contributed by atoms with Gasteiger partial charge in [-0.25, -0.2) is 9.88 Å². The summed E-state index contributed by atoms with van der Waals surface area (Å²) < 4.78 is 5.30. The van der Waals surface area contributed by atoms with Crippen molar-refractivity contribution in [1.29, 1.82) is 5.26 Å². The van der Waals surface area contributed by atoms with Gasteiger partial charge in [-0.15, -0.1) is 0 Å². The SMILES string of the molecule is COc1ccc(-c2cc(-c3ccccc3)nc(SC3CC(=O)N(c4ccc(C(C)C)cc4)C3=O)c2C#N)cc1. The first-order chi connectivity index (χ1) is 18.9. The van der Waals surface area contributed by atoms with Crippen LogP contribution in [0, 0.1) is 11.3 Å². The Kier molecular flexibility index (Phi) is 7.49. The Hall–Kier alpha value is -4.41. The molecule has 1 aliphatic heterocycles. The number of aromatic nitrogens is 1. The molecule has 1 atom stereocenters. The lowest BCUT2D eigenvalue weighted by molar-refractivity contribution is -0.121. The van der Waals surface area contributed by atoms with Crippen molar-refractivity contribution in [2.45, 2.75) is 36.5 Å². The number of hydrogen-bond acceptors (Lipinski definition) is 6. The van der Waals surface area contributed by atoms with E-state index in [1.165, 1.54) is 16.7 Å². The summed E-state index contributed by atoms with van der Waals surface area (Å²) in [6, 6.07) is 28.9. The number of amides is 2. The maximum Gasteiger partial charge on any atom is 0.247 e. The van der Waals surface area contributed by atoms with Gasteiger partial charge >= 0.3 is 0 Å². The van der Waals surface area contributed by atoms with Gasteiger partial charge in [0.05, 0.1) is 29.3 Å². The zero-order chi connectivity index (χ0) is 27.5. The topological polar surface area (TPSA) is 83.3 Å². The van der Waals surface area contributed by atoms with Crippen molar-refractivity contribution in [2.24, 2.45) is 0 Å². The van der Waals surface area contributed by atoms with E-state index in [1.807, 2.05) is 84.9 Å². The number of carbonyl (C=O) groups excluding carboxylic acids is 2.